The van der Waals surface area contributed by atoms with Crippen LogP contribution in [0.3, 0.4) is 0 Å². The third-order valence-corrected chi connectivity index (χ3v) is 5.08. The van der Waals surface area contributed by atoms with Crippen molar-refractivity contribution in [1.82, 2.24) is 9.88 Å². The smallest absolute Gasteiger partial charge is 0.183 e. The lowest BCUT2D eigenvalue weighted by Crippen LogP contribution is -2.33. The van der Waals surface area contributed by atoms with E-state index in [9.17, 15) is 0 Å². The lowest BCUT2D eigenvalue weighted by molar-refractivity contribution is 0.176. The molecule has 0 amide bonds. The van der Waals surface area contributed by atoms with Gasteiger partial charge in [-0.25, -0.2) is 0 Å². The fourth-order valence-electron chi connectivity index (χ4n) is 2.31. The van der Waals surface area contributed by atoms with Crippen molar-refractivity contribution in [2.45, 2.75) is 26.4 Å². The second-order valence-electron chi connectivity index (χ2n) is 4.86. The minimum Gasteiger partial charge on any atom is -0.451 e. The van der Waals surface area contributed by atoms with E-state index in [-0.39, 0.29) is 6.04 Å². The summed E-state index contributed by atoms with van der Waals surface area (Å²) < 4.78 is 7.34. The third kappa shape index (κ3) is 4.16. The maximum absolute atomic E-state index is 5.97. The van der Waals surface area contributed by atoms with Crippen molar-refractivity contribution >= 4 is 31.9 Å². The molecule has 0 aliphatic carbocycles. The van der Waals surface area contributed by atoms with E-state index < -0.39 is 0 Å². The van der Waals surface area contributed by atoms with Crippen molar-refractivity contribution in [2.75, 3.05) is 13.1 Å². The van der Waals surface area contributed by atoms with Gasteiger partial charge in [0.05, 0.1) is 16.2 Å². The second kappa shape index (κ2) is 7.54. The molecule has 21 heavy (non-hydrogen) atoms. The number of aromatic nitrogens is 1. The molecule has 1 atom stereocenters. The standard InChI is InChI=1S/C15H19Br2N3O/c1-3-20(9-11-6-4-5-10(2)19-11)13(8-18)14-7-12(16)15(17)21-14/h4-7,13H,3,8-9,18H2,1-2H3. The number of likely N-dealkylation sites (N-methyl/N-ethyl adjacent to an activating group) is 1. The van der Waals surface area contributed by atoms with Gasteiger partial charge in [0, 0.05) is 18.8 Å². The number of pyridine rings is 1. The van der Waals surface area contributed by atoms with E-state index in [4.69, 9.17) is 10.2 Å². The van der Waals surface area contributed by atoms with Gasteiger partial charge in [-0.1, -0.05) is 13.0 Å². The summed E-state index contributed by atoms with van der Waals surface area (Å²) in [5, 5.41) is 0. The molecule has 0 fully saturated rings. The van der Waals surface area contributed by atoms with E-state index in [0.29, 0.717) is 11.2 Å². The van der Waals surface area contributed by atoms with E-state index in [0.717, 1.165) is 34.7 Å². The Morgan fingerprint density at radius 3 is 2.67 bits per heavy atom. The fourth-order valence-corrected chi connectivity index (χ4v) is 2.92. The molecule has 1 unspecified atom stereocenters. The molecule has 0 saturated carbocycles. The zero-order valence-electron chi connectivity index (χ0n) is 12.1. The second-order valence-corrected chi connectivity index (χ2v) is 6.43. The van der Waals surface area contributed by atoms with E-state index in [1.807, 2.05) is 31.2 Å². The molecule has 0 radical (unpaired) electrons. The first-order valence-electron chi connectivity index (χ1n) is 6.86. The van der Waals surface area contributed by atoms with Crippen molar-refractivity contribution in [3.05, 3.63) is 50.6 Å². The average Bonchev–Trinajstić information content (AvgIpc) is 2.78. The first-order chi connectivity index (χ1) is 10.0. The van der Waals surface area contributed by atoms with Crippen molar-refractivity contribution in [2.24, 2.45) is 5.73 Å². The Hall–Kier alpha value is -0.690. The number of hydrogen-bond acceptors (Lipinski definition) is 4. The molecule has 0 spiro atoms. The molecule has 2 aromatic heterocycles. The summed E-state index contributed by atoms with van der Waals surface area (Å²) >= 11 is 6.82. The van der Waals surface area contributed by atoms with Crippen molar-refractivity contribution in [3.63, 3.8) is 0 Å². The Kier molecular flexibility index (Phi) is 5.98. The van der Waals surface area contributed by atoms with Crippen LogP contribution in [0.1, 0.15) is 30.1 Å². The number of nitrogens with two attached hydrogens (primary N) is 1. The van der Waals surface area contributed by atoms with Gasteiger partial charge < -0.3 is 10.2 Å². The summed E-state index contributed by atoms with van der Waals surface area (Å²) in [6.45, 7) is 6.22. The predicted octanol–water partition coefficient (Wildman–Crippen LogP) is 4.03. The summed E-state index contributed by atoms with van der Waals surface area (Å²) in [5.41, 5.74) is 8.04. The Morgan fingerprint density at radius 1 is 1.38 bits per heavy atom. The predicted molar refractivity (Wildman–Crippen MR) is 91.0 cm³/mol. The minimum atomic E-state index is 0.0277. The van der Waals surface area contributed by atoms with Gasteiger partial charge in [-0.15, -0.1) is 0 Å². The normalized spacial score (nSPS) is 12.9. The summed E-state index contributed by atoms with van der Waals surface area (Å²) in [4.78, 5) is 6.83. The minimum absolute atomic E-state index is 0.0277. The van der Waals surface area contributed by atoms with Crippen LogP contribution in [0.2, 0.25) is 0 Å². The van der Waals surface area contributed by atoms with Gasteiger partial charge >= 0.3 is 0 Å². The van der Waals surface area contributed by atoms with Gasteiger partial charge in [0.15, 0.2) is 4.67 Å². The Balaban J connectivity index is 2.21. The Labute approximate surface area is 142 Å². The average molecular weight is 417 g/mol. The number of nitrogens with zero attached hydrogens (tertiary/aromatic N) is 2. The molecule has 6 heteroatoms. The highest BCUT2D eigenvalue weighted by molar-refractivity contribution is 9.13. The summed E-state index contributed by atoms with van der Waals surface area (Å²) in [7, 11) is 0. The van der Waals surface area contributed by atoms with Crippen molar-refractivity contribution in [1.29, 1.82) is 0 Å². The number of rotatable bonds is 6. The van der Waals surface area contributed by atoms with Gasteiger partial charge in [0.2, 0.25) is 0 Å². The van der Waals surface area contributed by atoms with E-state index in [1.165, 1.54) is 0 Å². The zero-order chi connectivity index (χ0) is 15.4. The summed E-state index contributed by atoms with van der Waals surface area (Å²) in [6.07, 6.45) is 0. The molecule has 0 bridgehead atoms. The number of halogens is 2. The van der Waals surface area contributed by atoms with Crippen LogP contribution in [-0.4, -0.2) is 23.0 Å². The highest BCUT2D eigenvalue weighted by atomic mass is 79.9. The fraction of sp³-hybridized carbons (Fsp3) is 0.400. The lowest BCUT2D eigenvalue weighted by atomic mass is 10.1. The Bertz CT molecular complexity index is 581. The quantitative estimate of drug-likeness (QED) is 0.772. The van der Waals surface area contributed by atoms with Crippen LogP contribution >= 0.6 is 31.9 Å². The molecule has 2 N–H and O–H groups in total. The van der Waals surface area contributed by atoms with Crippen LogP contribution < -0.4 is 5.73 Å². The van der Waals surface area contributed by atoms with Crippen LogP contribution in [0.25, 0.3) is 0 Å². The monoisotopic (exact) mass is 415 g/mol. The van der Waals surface area contributed by atoms with Gasteiger partial charge in [-0.3, -0.25) is 9.88 Å². The molecular formula is C15H19Br2N3O. The highest BCUT2D eigenvalue weighted by Gasteiger charge is 2.23. The van der Waals surface area contributed by atoms with Gasteiger partial charge in [0.1, 0.15) is 5.76 Å². The number of aryl methyl sites for hydroxylation is 1. The maximum Gasteiger partial charge on any atom is 0.183 e. The van der Waals surface area contributed by atoms with Crippen LogP contribution in [0, 0.1) is 6.92 Å². The van der Waals surface area contributed by atoms with Crippen molar-refractivity contribution < 1.29 is 4.42 Å². The number of furan rings is 1. The maximum atomic E-state index is 5.97. The van der Waals surface area contributed by atoms with E-state index >= 15 is 0 Å². The van der Waals surface area contributed by atoms with Crippen LogP contribution in [0.4, 0.5) is 0 Å². The van der Waals surface area contributed by atoms with Gasteiger partial charge in [-0.2, -0.15) is 0 Å². The SMILES string of the molecule is CCN(Cc1cccc(C)n1)C(CN)c1cc(Br)c(Br)o1. The van der Waals surface area contributed by atoms with Gasteiger partial charge in [-0.05, 0) is 63.5 Å². The molecule has 4 nitrogen and oxygen atoms in total. The number of hydrogen-bond donors (Lipinski definition) is 1. The molecule has 2 aromatic rings. The van der Waals surface area contributed by atoms with E-state index in [2.05, 4.69) is 48.7 Å². The van der Waals surface area contributed by atoms with Crippen LogP contribution in [-0.2, 0) is 6.54 Å². The first kappa shape index (κ1) is 16.7. The molecule has 0 aliphatic heterocycles. The van der Waals surface area contributed by atoms with Crippen LogP contribution in [0.5, 0.6) is 0 Å². The van der Waals surface area contributed by atoms with E-state index in [1.54, 1.807) is 0 Å². The third-order valence-electron chi connectivity index (χ3n) is 3.37. The molecule has 2 rings (SSSR count). The molecule has 0 saturated heterocycles. The van der Waals surface area contributed by atoms with Crippen molar-refractivity contribution in [3.8, 4) is 0 Å². The zero-order valence-corrected chi connectivity index (χ0v) is 15.3. The molecular weight excluding hydrogens is 398 g/mol. The molecule has 114 valence electrons. The molecule has 2 heterocycles. The molecule has 0 aliphatic rings. The highest BCUT2D eigenvalue weighted by Crippen LogP contribution is 2.32. The summed E-state index contributed by atoms with van der Waals surface area (Å²) in [6, 6.07) is 8.06. The first-order valence-corrected chi connectivity index (χ1v) is 8.45. The summed E-state index contributed by atoms with van der Waals surface area (Å²) in [5.74, 6) is 0.853. The Morgan fingerprint density at radius 2 is 2.14 bits per heavy atom. The molecule has 0 aromatic carbocycles. The van der Waals surface area contributed by atoms with Gasteiger partial charge in [0.25, 0.3) is 0 Å². The largest absolute Gasteiger partial charge is 0.451 e. The van der Waals surface area contributed by atoms with Crippen LogP contribution in [0.15, 0.2) is 37.8 Å². The lowest BCUT2D eigenvalue weighted by Gasteiger charge is -2.28. The topological polar surface area (TPSA) is 55.3 Å².